The van der Waals surface area contributed by atoms with E-state index >= 15 is 0 Å². The number of ether oxygens (including phenoxy) is 2. The summed E-state index contributed by atoms with van der Waals surface area (Å²) in [6.45, 7) is 9.14. The van der Waals surface area contributed by atoms with E-state index in [2.05, 4.69) is 66.9 Å². The smallest absolute Gasteiger partial charge is 0.191 e. The SMILES string of the molecule is CCNC(=NCCCOCC1CCOC1)NC(C)c1cccc2ccccc12.I. The standard InChI is InChI=1S/C23H33N3O2.HI/c1-3-24-23(25-13-7-14-27-16-19-12-15-28-17-19)26-18(2)21-11-6-9-20-8-4-5-10-22(20)21;/h4-6,8-11,18-19H,3,7,12-17H2,1-2H3,(H2,24,25,26);1H. The van der Waals surface area contributed by atoms with E-state index in [1.807, 2.05) is 0 Å². The zero-order chi connectivity index (χ0) is 19.6. The molecule has 0 radical (unpaired) electrons. The molecule has 1 fully saturated rings. The van der Waals surface area contributed by atoms with Crippen molar-refractivity contribution in [1.29, 1.82) is 0 Å². The van der Waals surface area contributed by atoms with Crippen LogP contribution in [0, 0.1) is 5.92 Å². The highest BCUT2D eigenvalue weighted by molar-refractivity contribution is 14.0. The summed E-state index contributed by atoms with van der Waals surface area (Å²) >= 11 is 0. The Labute approximate surface area is 191 Å². The van der Waals surface area contributed by atoms with E-state index in [-0.39, 0.29) is 30.0 Å². The first-order chi connectivity index (χ1) is 13.8. The molecule has 2 unspecified atom stereocenters. The van der Waals surface area contributed by atoms with Crippen molar-refractivity contribution in [3.05, 3.63) is 48.0 Å². The number of hydrogen-bond acceptors (Lipinski definition) is 3. The molecule has 2 aromatic rings. The van der Waals surface area contributed by atoms with Gasteiger partial charge in [-0.2, -0.15) is 0 Å². The topological polar surface area (TPSA) is 54.9 Å². The van der Waals surface area contributed by atoms with Gasteiger partial charge in [-0.1, -0.05) is 42.5 Å². The summed E-state index contributed by atoms with van der Waals surface area (Å²) in [5.41, 5.74) is 1.28. The molecule has 2 N–H and O–H groups in total. The third-order valence-corrected chi connectivity index (χ3v) is 5.08. The van der Waals surface area contributed by atoms with Gasteiger partial charge in [-0.15, -0.1) is 24.0 Å². The van der Waals surface area contributed by atoms with Crippen LogP contribution >= 0.6 is 24.0 Å². The van der Waals surface area contributed by atoms with Crippen LogP contribution in [0.25, 0.3) is 10.8 Å². The molecule has 29 heavy (non-hydrogen) atoms. The Morgan fingerprint density at radius 3 is 2.86 bits per heavy atom. The summed E-state index contributed by atoms with van der Waals surface area (Å²) in [6, 6.07) is 15.1. The van der Waals surface area contributed by atoms with Crippen molar-refractivity contribution >= 4 is 40.7 Å². The van der Waals surface area contributed by atoms with Crippen molar-refractivity contribution in [3.8, 4) is 0 Å². The molecule has 3 rings (SSSR count). The number of benzene rings is 2. The molecule has 0 amide bonds. The number of fused-ring (bicyclic) bond motifs is 1. The maximum atomic E-state index is 5.77. The average molecular weight is 511 g/mol. The summed E-state index contributed by atoms with van der Waals surface area (Å²) in [5, 5.41) is 9.44. The van der Waals surface area contributed by atoms with Crippen molar-refractivity contribution in [3.63, 3.8) is 0 Å². The van der Waals surface area contributed by atoms with Gasteiger partial charge in [0.15, 0.2) is 5.96 Å². The van der Waals surface area contributed by atoms with Crippen LogP contribution in [0.4, 0.5) is 0 Å². The van der Waals surface area contributed by atoms with Gasteiger partial charge in [0.1, 0.15) is 0 Å². The summed E-state index contributed by atoms with van der Waals surface area (Å²) in [5.74, 6) is 1.43. The minimum absolute atomic E-state index is 0. The largest absolute Gasteiger partial charge is 0.381 e. The molecular formula is C23H34IN3O2. The van der Waals surface area contributed by atoms with Crippen molar-refractivity contribution in [2.45, 2.75) is 32.7 Å². The minimum atomic E-state index is 0. The lowest BCUT2D eigenvalue weighted by atomic mass is 10.00. The first kappa shape index (κ1) is 23.9. The molecule has 0 bridgehead atoms. The normalized spacial score (nSPS) is 17.7. The Morgan fingerprint density at radius 2 is 2.07 bits per heavy atom. The Balaban J connectivity index is 0.00000300. The van der Waals surface area contributed by atoms with Crippen molar-refractivity contribution < 1.29 is 9.47 Å². The van der Waals surface area contributed by atoms with Gasteiger partial charge in [-0.3, -0.25) is 4.99 Å². The molecule has 0 aromatic heterocycles. The van der Waals surface area contributed by atoms with Crippen LogP contribution < -0.4 is 10.6 Å². The Bertz CT molecular complexity index is 757. The van der Waals surface area contributed by atoms with Crippen LogP contribution in [0.15, 0.2) is 47.5 Å². The lowest BCUT2D eigenvalue weighted by Crippen LogP contribution is -2.38. The molecule has 2 atom stereocenters. The van der Waals surface area contributed by atoms with Gasteiger partial charge >= 0.3 is 0 Å². The first-order valence-electron chi connectivity index (χ1n) is 10.5. The fraction of sp³-hybridized carbons (Fsp3) is 0.522. The number of nitrogens with zero attached hydrogens (tertiary/aromatic N) is 1. The number of hydrogen-bond donors (Lipinski definition) is 2. The molecule has 160 valence electrons. The second-order valence-corrected chi connectivity index (χ2v) is 7.35. The van der Waals surface area contributed by atoms with Crippen molar-refractivity contribution in [1.82, 2.24) is 10.6 Å². The van der Waals surface area contributed by atoms with Crippen LogP contribution in [0.5, 0.6) is 0 Å². The summed E-state index contributed by atoms with van der Waals surface area (Å²) in [4.78, 5) is 4.72. The molecule has 1 aliphatic rings. The van der Waals surface area contributed by atoms with Crippen LogP contribution in [0.3, 0.4) is 0 Å². The Hall–Kier alpha value is -1.38. The van der Waals surface area contributed by atoms with Crippen LogP contribution in [0.1, 0.15) is 38.3 Å². The molecular weight excluding hydrogens is 477 g/mol. The highest BCUT2D eigenvalue weighted by Crippen LogP contribution is 2.23. The number of guanidine groups is 1. The second kappa shape index (κ2) is 13.0. The predicted molar refractivity (Wildman–Crippen MR) is 131 cm³/mol. The third kappa shape index (κ3) is 7.42. The zero-order valence-electron chi connectivity index (χ0n) is 17.5. The number of rotatable bonds is 9. The first-order valence-corrected chi connectivity index (χ1v) is 10.5. The van der Waals surface area contributed by atoms with Crippen LogP contribution in [0.2, 0.25) is 0 Å². The maximum absolute atomic E-state index is 5.77. The average Bonchev–Trinajstić information content (AvgIpc) is 3.23. The molecule has 0 spiro atoms. The van der Waals surface area contributed by atoms with E-state index in [1.165, 1.54) is 16.3 Å². The summed E-state index contributed by atoms with van der Waals surface area (Å²) in [7, 11) is 0. The molecule has 0 saturated carbocycles. The van der Waals surface area contributed by atoms with E-state index in [9.17, 15) is 0 Å². The monoisotopic (exact) mass is 511 g/mol. The van der Waals surface area contributed by atoms with Gasteiger partial charge in [0.2, 0.25) is 0 Å². The van der Waals surface area contributed by atoms with Gasteiger partial charge in [0.25, 0.3) is 0 Å². The zero-order valence-corrected chi connectivity index (χ0v) is 19.9. The van der Waals surface area contributed by atoms with Gasteiger partial charge < -0.3 is 20.1 Å². The molecule has 1 saturated heterocycles. The van der Waals surface area contributed by atoms with Crippen molar-refractivity contribution in [2.75, 3.05) is 39.5 Å². The van der Waals surface area contributed by atoms with Crippen LogP contribution in [-0.2, 0) is 9.47 Å². The molecule has 1 aliphatic heterocycles. The van der Waals surface area contributed by atoms with Gasteiger partial charge in [0.05, 0.1) is 19.3 Å². The van der Waals surface area contributed by atoms with E-state index in [0.29, 0.717) is 5.92 Å². The van der Waals surface area contributed by atoms with Gasteiger partial charge in [-0.25, -0.2) is 0 Å². The maximum Gasteiger partial charge on any atom is 0.191 e. The molecule has 1 heterocycles. The highest BCUT2D eigenvalue weighted by atomic mass is 127. The third-order valence-electron chi connectivity index (χ3n) is 5.08. The molecule has 5 nitrogen and oxygen atoms in total. The number of nitrogens with one attached hydrogen (secondary N) is 2. The minimum Gasteiger partial charge on any atom is -0.381 e. The fourth-order valence-electron chi connectivity index (χ4n) is 3.55. The van der Waals surface area contributed by atoms with E-state index < -0.39 is 0 Å². The lowest BCUT2D eigenvalue weighted by Gasteiger charge is -2.20. The Morgan fingerprint density at radius 1 is 1.24 bits per heavy atom. The molecule has 0 aliphatic carbocycles. The highest BCUT2D eigenvalue weighted by Gasteiger charge is 2.15. The Kier molecular flexibility index (Phi) is 10.7. The summed E-state index contributed by atoms with van der Waals surface area (Å²) in [6.07, 6.45) is 2.05. The predicted octanol–water partition coefficient (Wildman–Crippen LogP) is 4.52. The number of aliphatic imine (C=N–C) groups is 1. The van der Waals surface area contributed by atoms with Crippen LogP contribution in [-0.4, -0.2) is 45.5 Å². The quantitative estimate of drug-likeness (QED) is 0.225. The summed E-state index contributed by atoms with van der Waals surface area (Å²) < 4.78 is 11.1. The van der Waals surface area contributed by atoms with E-state index in [1.54, 1.807) is 0 Å². The molecule has 2 aromatic carbocycles. The van der Waals surface area contributed by atoms with Gasteiger partial charge in [-0.05, 0) is 43.0 Å². The fourth-order valence-corrected chi connectivity index (χ4v) is 3.55. The second-order valence-electron chi connectivity index (χ2n) is 7.35. The number of halogens is 1. The van der Waals surface area contributed by atoms with Gasteiger partial charge in [0, 0.05) is 32.2 Å². The molecule has 6 heteroatoms. The van der Waals surface area contributed by atoms with E-state index in [4.69, 9.17) is 14.5 Å². The van der Waals surface area contributed by atoms with E-state index in [0.717, 1.165) is 58.3 Å². The van der Waals surface area contributed by atoms with Crippen molar-refractivity contribution in [2.24, 2.45) is 10.9 Å². The lowest BCUT2D eigenvalue weighted by molar-refractivity contribution is 0.0893.